The number of amides is 3. The van der Waals surface area contributed by atoms with Crippen molar-refractivity contribution in [3.05, 3.63) is 72.0 Å². The van der Waals surface area contributed by atoms with Crippen LogP contribution in [0.2, 0.25) is 0 Å². The molecule has 0 spiro atoms. The van der Waals surface area contributed by atoms with Crippen LogP contribution in [0.5, 0.6) is 0 Å². The summed E-state index contributed by atoms with van der Waals surface area (Å²) in [4.78, 5) is 24.9. The van der Waals surface area contributed by atoms with Gasteiger partial charge in [0.25, 0.3) is 0 Å². The van der Waals surface area contributed by atoms with Gasteiger partial charge in [-0.05, 0) is 24.6 Å². The fourth-order valence-electron chi connectivity index (χ4n) is 3.44. The molecule has 0 bridgehead atoms. The van der Waals surface area contributed by atoms with E-state index in [0.29, 0.717) is 11.5 Å². The van der Waals surface area contributed by atoms with E-state index in [4.69, 9.17) is 0 Å². The Morgan fingerprint density at radius 1 is 1.12 bits per heavy atom. The lowest BCUT2D eigenvalue weighted by Crippen LogP contribution is -2.57. The number of carbonyl (C=O) groups excluding carboxylic acids is 2. The summed E-state index contributed by atoms with van der Waals surface area (Å²) in [5.74, 6) is -0.198. The number of aromatic nitrogens is 2. The van der Waals surface area contributed by atoms with Crippen molar-refractivity contribution >= 4 is 17.8 Å². The van der Waals surface area contributed by atoms with Gasteiger partial charge in [-0.15, -0.1) is 0 Å². The Morgan fingerprint density at radius 3 is 2.53 bits per heavy atom. The number of nitrogens with zero attached hydrogens (tertiary/aromatic N) is 2. The van der Waals surface area contributed by atoms with Crippen LogP contribution >= 0.6 is 0 Å². The molecule has 3 atom stereocenters. The van der Waals surface area contributed by atoms with Gasteiger partial charge in [-0.3, -0.25) is 15.4 Å². The van der Waals surface area contributed by atoms with Gasteiger partial charge >= 0.3 is 6.03 Å². The molecule has 2 aromatic carbocycles. The summed E-state index contributed by atoms with van der Waals surface area (Å²) >= 11 is 0. The van der Waals surface area contributed by atoms with Crippen LogP contribution in [0, 0.1) is 11.7 Å². The van der Waals surface area contributed by atoms with Crippen molar-refractivity contribution in [2.45, 2.75) is 32.7 Å². The normalized spacial score (nSPS) is 20.5. The van der Waals surface area contributed by atoms with Crippen LogP contribution in [-0.4, -0.2) is 27.8 Å². The number of hydrogen-bond acceptors (Lipinski definition) is 4. The second-order valence-electron chi connectivity index (χ2n) is 7.81. The molecule has 32 heavy (non-hydrogen) atoms. The number of anilines is 1. The molecule has 4 rings (SSSR count). The second-order valence-corrected chi connectivity index (χ2v) is 7.81. The Bertz CT molecular complexity index is 1100. The van der Waals surface area contributed by atoms with Gasteiger partial charge in [0.2, 0.25) is 5.91 Å². The summed E-state index contributed by atoms with van der Waals surface area (Å²) in [6.45, 7) is 4.02. The van der Waals surface area contributed by atoms with Crippen LogP contribution in [0.3, 0.4) is 0 Å². The summed E-state index contributed by atoms with van der Waals surface area (Å²) in [5.41, 5.74) is 2.30. The van der Waals surface area contributed by atoms with Crippen LogP contribution in [0.15, 0.2) is 60.7 Å². The molecule has 1 saturated heterocycles. The van der Waals surface area contributed by atoms with Gasteiger partial charge in [0, 0.05) is 24.2 Å². The second kappa shape index (κ2) is 9.19. The molecule has 4 N–H and O–H groups in total. The number of carbonyl (C=O) groups is 2. The lowest BCUT2D eigenvalue weighted by molar-refractivity contribution is -0.130. The maximum atomic E-state index is 13.1. The van der Waals surface area contributed by atoms with Crippen LogP contribution in [0.4, 0.5) is 15.0 Å². The van der Waals surface area contributed by atoms with Gasteiger partial charge < -0.3 is 10.6 Å². The van der Waals surface area contributed by atoms with Gasteiger partial charge in [-0.1, -0.05) is 49.4 Å². The molecule has 1 aromatic heterocycles. The van der Waals surface area contributed by atoms with Crippen LogP contribution in [0.1, 0.15) is 25.7 Å². The SMILES string of the molecule is CC1NC(n2nc(-c3ccccc3)cc2NC(=O)NCc2ccc(F)cc2)NC(=O)C1C. The molecular formula is C23H25FN6O2. The fraction of sp³-hybridized carbons (Fsp3) is 0.261. The molecule has 0 aliphatic carbocycles. The van der Waals surface area contributed by atoms with E-state index < -0.39 is 12.3 Å². The highest BCUT2D eigenvalue weighted by molar-refractivity contribution is 5.89. The summed E-state index contributed by atoms with van der Waals surface area (Å²) in [6.07, 6.45) is -0.612. The number of rotatable bonds is 5. The summed E-state index contributed by atoms with van der Waals surface area (Å²) in [7, 11) is 0. The van der Waals surface area contributed by atoms with E-state index in [1.54, 1.807) is 22.9 Å². The topological polar surface area (TPSA) is 100 Å². The standard InChI is InChI=1S/C23H25FN6O2/c1-14-15(2)26-22(28-21(14)31)30-20(12-19(29-30)17-6-4-3-5-7-17)27-23(32)25-13-16-8-10-18(24)11-9-16/h3-12,14-15,22,26H,13H2,1-2H3,(H,28,31)(H2,25,27,32). The van der Waals surface area contributed by atoms with E-state index in [9.17, 15) is 14.0 Å². The lowest BCUT2D eigenvalue weighted by atomic mass is 10.0. The number of nitrogens with one attached hydrogen (secondary N) is 4. The minimum absolute atomic E-state index is 0.0710. The number of benzene rings is 2. The third-order valence-corrected chi connectivity index (χ3v) is 5.52. The molecule has 1 fully saturated rings. The highest BCUT2D eigenvalue weighted by Crippen LogP contribution is 2.25. The van der Waals surface area contributed by atoms with Gasteiger partial charge in [0.05, 0.1) is 11.6 Å². The molecule has 3 aromatic rings. The van der Waals surface area contributed by atoms with E-state index in [1.807, 2.05) is 44.2 Å². The summed E-state index contributed by atoms with van der Waals surface area (Å²) in [5, 5.41) is 16.4. The monoisotopic (exact) mass is 436 g/mol. The molecule has 0 radical (unpaired) electrons. The predicted molar refractivity (Wildman–Crippen MR) is 119 cm³/mol. The Kier molecular flexibility index (Phi) is 6.18. The molecule has 2 heterocycles. The first-order valence-corrected chi connectivity index (χ1v) is 10.4. The quantitative estimate of drug-likeness (QED) is 0.493. The fourth-order valence-corrected chi connectivity index (χ4v) is 3.44. The first-order valence-electron chi connectivity index (χ1n) is 10.4. The average molecular weight is 436 g/mol. The number of hydrogen-bond donors (Lipinski definition) is 4. The third-order valence-electron chi connectivity index (χ3n) is 5.52. The highest BCUT2D eigenvalue weighted by Gasteiger charge is 2.32. The zero-order valence-electron chi connectivity index (χ0n) is 17.8. The van der Waals surface area contributed by atoms with E-state index in [1.165, 1.54) is 12.1 Å². The summed E-state index contributed by atoms with van der Waals surface area (Å²) in [6, 6.07) is 16.7. The van der Waals surface area contributed by atoms with Crippen LogP contribution in [-0.2, 0) is 11.3 Å². The molecule has 166 valence electrons. The largest absolute Gasteiger partial charge is 0.334 e. The average Bonchev–Trinajstić information content (AvgIpc) is 3.21. The van der Waals surface area contributed by atoms with Crippen molar-refractivity contribution in [3.63, 3.8) is 0 Å². The van der Waals surface area contributed by atoms with Crippen molar-refractivity contribution in [3.8, 4) is 11.3 Å². The van der Waals surface area contributed by atoms with Crippen molar-refractivity contribution in [2.24, 2.45) is 5.92 Å². The minimum atomic E-state index is -0.612. The summed E-state index contributed by atoms with van der Waals surface area (Å²) < 4.78 is 14.6. The molecule has 9 heteroatoms. The number of urea groups is 1. The zero-order chi connectivity index (χ0) is 22.7. The molecule has 0 saturated carbocycles. The van der Waals surface area contributed by atoms with Gasteiger partial charge in [-0.25, -0.2) is 13.9 Å². The molecule has 1 aliphatic rings. The highest BCUT2D eigenvalue weighted by atomic mass is 19.1. The maximum absolute atomic E-state index is 13.1. The van der Waals surface area contributed by atoms with Crippen molar-refractivity contribution in [1.82, 2.24) is 25.7 Å². The first kappa shape index (κ1) is 21.5. The Balaban J connectivity index is 1.55. The van der Waals surface area contributed by atoms with Crippen molar-refractivity contribution in [1.29, 1.82) is 0 Å². The Hall–Kier alpha value is -3.72. The minimum Gasteiger partial charge on any atom is -0.334 e. The Labute approximate surface area is 185 Å². The predicted octanol–water partition coefficient (Wildman–Crippen LogP) is 3.21. The zero-order valence-corrected chi connectivity index (χ0v) is 17.8. The van der Waals surface area contributed by atoms with Crippen LogP contribution in [0.25, 0.3) is 11.3 Å². The van der Waals surface area contributed by atoms with Crippen molar-refractivity contribution < 1.29 is 14.0 Å². The molecule has 1 aliphatic heterocycles. The van der Waals surface area contributed by atoms with Gasteiger partial charge in [0.15, 0.2) is 6.29 Å². The van der Waals surface area contributed by atoms with E-state index >= 15 is 0 Å². The molecular weight excluding hydrogens is 411 g/mol. The van der Waals surface area contributed by atoms with E-state index in [-0.39, 0.29) is 30.2 Å². The Morgan fingerprint density at radius 2 is 1.84 bits per heavy atom. The maximum Gasteiger partial charge on any atom is 0.320 e. The third kappa shape index (κ3) is 4.78. The van der Waals surface area contributed by atoms with Gasteiger partial charge in [0.1, 0.15) is 11.6 Å². The molecule has 3 unspecified atom stereocenters. The first-order chi connectivity index (χ1) is 15.4. The lowest BCUT2D eigenvalue weighted by Gasteiger charge is -2.34. The van der Waals surface area contributed by atoms with Crippen molar-refractivity contribution in [2.75, 3.05) is 5.32 Å². The molecule has 3 amide bonds. The number of halogens is 1. The van der Waals surface area contributed by atoms with E-state index in [0.717, 1.165) is 11.1 Å². The van der Waals surface area contributed by atoms with Crippen LogP contribution < -0.4 is 21.3 Å². The van der Waals surface area contributed by atoms with Gasteiger partial charge in [-0.2, -0.15) is 5.10 Å². The smallest absolute Gasteiger partial charge is 0.320 e. The van der Waals surface area contributed by atoms with E-state index in [2.05, 4.69) is 26.4 Å². The molecule has 8 nitrogen and oxygen atoms in total.